The highest BCUT2D eigenvalue weighted by Gasteiger charge is 2.42. The molecule has 0 aromatic carbocycles. The van der Waals surface area contributed by atoms with Crippen LogP contribution < -0.4 is 0 Å². The SMILES string of the molecule is CC(=O)N1CCCC(c2c(C(C)C)c(C)nc3cc(C4CCC(C(F)(F)F)CC4)nn23)C1. The summed E-state index contributed by atoms with van der Waals surface area (Å²) < 4.78 is 41.2. The Kier molecular flexibility index (Phi) is 6.25. The zero-order valence-corrected chi connectivity index (χ0v) is 19.4. The summed E-state index contributed by atoms with van der Waals surface area (Å²) in [7, 11) is 0. The highest BCUT2D eigenvalue weighted by Crippen LogP contribution is 2.43. The normalized spacial score (nSPS) is 25.0. The van der Waals surface area contributed by atoms with Crippen molar-refractivity contribution >= 4 is 11.6 Å². The van der Waals surface area contributed by atoms with E-state index in [1.807, 2.05) is 22.4 Å². The van der Waals surface area contributed by atoms with E-state index in [2.05, 4.69) is 13.8 Å². The van der Waals surface area contributed by atoms with E-state index in [1.165, 1.54) is 5.56 Å². The summed E-state index contributed by atoms with van der Waals surface area (Å²) in [6.45, 7) is 9.37. The van der Waals surface area contributed by atoms with Crippen molar-refractivity contribution in [2.75, 3.05) is 13.1 Å². The first-order valence-corrected chi connectivity index (χ1v) is 11.8. The van der Waals surface area contributed by atoms with E-state index in [9.17, 15) is 18.0 Å². The summed E-state index contributed by atoms with van der Waals surface area (Å²) in [6, 6.07) is 1.96. The highest BCUT2D eigenvalue weighted by atomic mass is 19.4. The molecule has 2 aliphatic rings. The minimum absolute atomic E-state index is 0.0334. The minimum atomic E-state index is -4.11. The van der Waals surface area contributed by atoms with E-state index < -0.39 is 12.1 Å². The zero-order chi connectivity index (χ0) is 23.2. The minimum Gasteiger partial charge on any atom is -0.342 e. The van der Waals surface area contributed by atoms with Gasteiger partial charge in [-0.2, -0.15) is 18.3 Å². The third-order valence-corrected chi connectivity index (χ3v) is 7.32. The molecule has 1 saturated carbocycles. The Morgan fingerprint density at radius 3 is 2.41 bits per heavy atom. The second-order valence-corrected chi connectivity index (χ2v) is 9.88. The van der Waals surface area contributed by atoms with Gasteiger partial charge in [0.1, 0.15) is 0 Å². The van der Waals surface area contributed by atoms with Gasteiger partial charge < -0.3 is 4.90 Å². The average Bonchev–Trinajstić information content (AvgIpc) is 3.15. The molecule has 2 aromatic rings. The molecule has 1 aliphatic carbocycles. The lowest BCUT2D eigenvalue weighted by Gasteiger charge is -2.34. The van der Waals surface area contributed by atoms with Gasteiger partial charge in [0.25, 0.3) is 0 Å². The van der Waals surface area contributed by atoms with Gasteiger partial charge in [0.2, 0.25) is 5.91 Å². The molecule has 0 spiro atoms. The molecule has 2 aromatic heterocycles. The molecule has 4 rings (SSSR count). The van der Waals surface area contributed by atoms with Crippen molar-refractivity contribution in [2.24, 2.45) is 5.92 Å². The van der Waals surface area contributed by atoms with E-state index in [0.717, 1.165) is 42.1 Å². The van der Waals surface area contributed by atoms with Crippen molar-refractivity contribution in [3.63, 3.8) is 0 Å². The van der Waals surface area contributed by atoms with Gasteiger partial charge in [0, 0.05) is 43.6 Å². The summed E-state index contributed by atoms with van der Waals surface area (Å²) in [4.78, 5) is 18.8. The number of fused-ring (bicyclic) bond motifs is 1. The lowest BCUT2D eigenvalue weighted by atomic mass is 9.80. The maximum absolute atomic E-state index is 13.1. The molecule has 1 atom stereocenters. The van der Waals surface area contributed by atoms with Crippen molar-refractivity contribution in [1.29, 1.82) is 0 Å². The van der Waals surface area contributed by atoms with Gasteiger partial charge in [-0.3, -0.25) is 4.79 Å². The van der Waals surface area contributed by atoms with Crippen LogP contribution in [0.15, 0.2) is 6.07 Å². The molecule has 3 heterocycles. The van der Waals surface area contributed by atoms with Crippen LogP contribution in [0.25, 0.3) is 5.65 Å². The fourth-order valence-corrected chi connectivity index (χ4v) is 5.69. The molecule has 8 heteroatoms. The smallest absolute Gasteiger partial charge is 0.342 e. The van der Waals surface area contributed by atoms with Crippen molar-refractivity contribution in [3.8, 4) is 0 Å². The largest absolute Gasteiger partial charge is 0.391 e. The van der Waals surface area contributed by atoms with Gasteiger partial charge >= 0.3 is 6.18 Å². The van der Waals surface area contributed by atoms with Crippen LogP contribution in [0.5, 0.6) is 0 Å². The van der Waals surface area contributed by atoms with Crippen molar-refractivity contribution < 1.29 is 18.0 Å². The molecule has 0 bridgehead atoms. The summed E-state index contributed by atoms with van der Waals surface area (Å²) >= 11 is 0. The number of rotatable bonds is 3. The summed E-state index contributed by atoms with van der Waals surface area (Å²) in [5, 5.41) is 4.92. The maximum atomic E-state index is 13.1. The number of carbonyl (C=O) groups is 1. The monoisotopic (exact) mass is 450 g/mol. The molecule has 176 valence electrons. The number of halogens is 3. The fraction of sp³-hybridized carbons (Fsp3) is 0.708. The summed E-state index contributed by atoms with van der Waals surface area (Å²) in [5.74, 6) is -0.650. The molecule has 1 unspecified atom stereocenters. The Morgan fingerprint density at radius 2 is 1.81 bits per heavy atom. The first-order valence-electron chi connectivity index (χ1n) is 11.8. The predicted octanol–water partition coefficient (Wildman–Crippen LogP) is 5.72. The van der Waals surface area contributed by atoms with Gasteiger partial charge in [0.15, 0.2) is 5.65 Å². The number of hydrogen-bond acceptors (Lipinski definition) is 3. The van der Waals surface area contributed by atoms with Crippen LogP contribution in [0.1, 0.15) is 99.7 Å². The Labute approximate surface area is 187 Å². The second kappa shape index (κ2) is 8.67. The molecule has 32 heavy (non-hydrogen) atoms. The number of amides is 1. The van der Waals surface area contributed by atoms with E-state index in [4.69, 9.17) is 10.1 Å². The first-order chi connectivity index (χ1) is 15.1. The maximum Gasteiger partial charge on any atom is 0.391 e. The van der Waals surface area contributed by atoms with Crippen LogP contribution in [0.4, 0.5) is 13.2 Å². The number of piperidine rings is 1. The number of carbonyl (C=O) groups excluding carboxylic acids is 1. The van der Waals surface area contributed by atoms with Crippen LogP contribution in [0.2, 0.25) is 0 Å². The Morgan fingerprint density at radius 1 is 1.12 bits per heavy atom. The third-order valence-electron chi connectivity index (χ3n) is 7.32. The van der Waals surface area contributed by atoms with Crippen LogP contribution in [-0.4, -0.2) is 44.7 Å². The second-order valence-electron chi connectivity index (χ2n) is 9.88. The van der Waals surface area contributed by atoms with E-state index in [1.54, 1.807) is 6.92 Å². The molecular weight excluding hydrogens is 417 g/mol. The standard InChI is InChI=1S/C24H33F3N4O/c1-14(2)22-15(3)28-21-12-20(17-7-9-19(10-8-17)24(25,26)27)29-31(21)23(22)18-6-5-11-30(13-18)16(4)32/h12,14,17-19H,5-11,13H2,1-4H3. The van der Waals surface area contributed by atoms with Crippen molar-refractivity contribution in [2.45, 2.75) is 90.1 Å². The van der Waals surface area contributed by atoms with Crippen LogP contribution in [0.3, 0.4) is 0 Å². The van der Waals surface area contributed by atoms with Crippen molar-refractivity contribution in [3.05, 3.63) is 28.7 Å². The van der Waals surface area contributed by atoms with Gasteiger partial charge in [-0.05, 0) is 56.9 Å². The number of aryl methyl sites for hydroxylation is 1. The molecule has 1 aliphatic heterocycles. The molecular formula is C24H33F3N4O. The van der Waals surface area contributed by atoms with E-state index >= 15 is 0 Å². The summed E-state index contributed by atoms with van der Waals surface area (Å²) in [5.41, 5.74) is 4.86. The quantitative estimate of drug-likeness (QED) is 0.601. The topological polar surface area (TPSA) is 50.5 Å². The molecule has 1 amide bonds. The van der Waals surface area contributed by atoms with Crippen LogP contribution >= 0.6 is 0 Å². The first kappa shape index (κ1) is 23.1. The zero-order valence-electron chi connectivity index (χ0n) is 19.4. The average molecular weight is 451 g/mol. The lowest BCUT2D eigenvalue weighted by Crippen LogP contribution is -2.38. The highest BCUT2D eigenvalue weighted by molar-refractivity contribution is 5.73. The molecule has 1 saturated heterocycles. The Balaban J connectivity index is 1.71. The van der Waals surface area contributed by atoms with Gasteiger partial charge in [-0.15, -0.1) is 0 Å². The number of hydrogen-bond donors (Lipinski definition) is 0. The summed E-state index contributed by atoms with van der Waals surface area (Å²) in [6.07, 6.45) is -0.856. The van der Waals surface area contributed by atoms with E-state index in [-0.39, 0.29) is 36.5 Å². The number of alkyl halides is 3. The Hall–Kier alpha value is -2.12. The van der Waals surface area contributed by atoms with Gasteiger partial charge in [-0.25, -0.2) is 9.50 Å². The number of aromatic nitrogens is 3. The van der Waals surface area contributed by atoms with Crippen molar-refractivity contribution in [1.82, 2.24) is 19.5 Å². The molecule has 5 nitrogen and oxygen atoms in total. The molecule has 2 fully saturated rings. The van der Waals surface area contributed by atoms with Crippen LogP contribution in [-0.2, 0) is 4.79 Å². The van der Waals surface area contributed by atoms with Gasteiger partial charge in [-0.1, -0.05) is 13.8 Å². The fourth-order valence-electron chi connectivity index (χ4n) is 5.69. The lowest BCUT2D eigenvalue weighted by molar-refractivity contribution is -0.182. The number of likely N-dealkylation sites (tertiary alicyclic amines) is 1. The predicted molar refractivity (Wildman–Crippen MR) is 117 cm³/mol. The molecule has 0 radical (unpaired) electrons. The number of nitrogens with zero attached hydrogens (tertiary/aromatic N) is 4. The third kappa shape index (κ3) is 4.37. The van der Waals surface area contributed by atoms with Gasteiger partial charge in [0.05, 0.1) is 17.3 Å². The van der Waals surface area contributed by atoms with Crippen LogP contribution in [0, 0.1) is 12.8 Å². The van der Waals surface area contributed by atoms with E-state index in [0.29, 0.717) is 19.4 Å². The molecule has 0 N–H and O–H groups in total. The Bertz CT molecular complexity index is 989.